The van der Waals surface area contributed by atoms with Crippen molar-refractivity contribution in [3.05, 3.63) is 131 Å². The van der Waals surface area contributed by atoms with Gasteiger partial charge in [-0.3, -0.25) is 19.2 Å². The second-order valence-electron chi connectivity index (χ2n) is 13.9. The topological polar surface area (TPSA) is 149 Å². The lowest BCUT2D eigenvalue weighted by molar-refractivity contribution is -0.156. The number of rotatable bonds is 18. The van der Waals surface area contributed by atoms with Gasteiger partial charge >= 0.3 is 23.6 Å². The van der Waals surface area contributed by atoms with Crippen molar-refractivity contribution in [2.45, 2.75) is 25.8 Å². The number of hydrogen-bond donors (Lipinski definition) is 1. The van der Waals surface area contributed by atoms with Crippen molar-refractivity contribution in [3.63, 3.8) is 0 Å². The van der Waals surface area contributed by atoms with Gasteiger partial charge in [-0.2, -0.15) is 0 Å². The average molecular weight is 937 g/mol. The first-order valence-corrected chi connectivity index (χ1v) is 21.5. The molecule has 16 nitrogen and oxygen atoms in total. The molecule has 64 heavy (non-hydrogen) atoms. The van der Waals surface area contributed by atoms with Crippen molar-refractivity contribution >= 4 is 56.6 Å². The average Bonchev–Trinajstić information content (AvgIpc) is 3.33. The lowest BCUT2D eigenvalue weighted by atomic mass is 10.1. The first-order valence-electron chi connectivity index (χ1n) is 20.4. The lowest BCUT2D eigenvalue weighted by Crippen LogP contribution is -2.54. The van der Waals surface area contributed by atoms with Gasteiger partial charge in [0.2, 0.25) is 0 Å². The highest BCUT2D eigenvalue weighted by molar-refractivity contribution is 9.09. The number of ether oxygens (including phenoxy) is 5. The maximum atomic E-state index is 12.6. The van der Waals surface area contributed by atoms with Crippen molar-refractivity contribution in [1.82, 2.24) is 20.0 Å². The van der Waals surface area contributed by atoms with Crippen molar-refractivity contribution in [2.75, 3.05) is 78.6 Å². The zero-order valence-corrected chi connectivity index (χ0v) is 37.4. The minimum absolute atomic E-state index is 0.298. The molecular weight excluding hydrogens is 886 g/mol. The summed E-state index contributed by atoms with van der Waals surface area (Å²) < 4.78 is 27.2. The summed E-state index contributed by atoms with van der Waals surface area (Å²) >= 11 is 3.32. The summed E-state index contributed by atoms with van der Waals surface area (Å²) in [6, 6.07) is 26.5. The Morgan fingerprint density at radius 2 is 1.06 bits per heavy atom. The molecule has 0 spiro atoms. The summed E-state index contributed by atoms with van der Waals surface area (Å²) in [6.45, 7) is 25.5. The van der Waals surface area contributed by atoms with Crippen molar-refractivity contribution in [1.29, 1.82) is 0 Å². The fraction of sp³-hybridized carbons (Fsp3) is 0.340. The van der Waals surface area contributed by atoms with Crippen molar-refractivity contribution in [2.24, 2.45) is 0 Å². The highest BCUT2D eigenvalue weighted by Crippen LogP contribution is 2.27. The molecule has 4 aromatic carbocycles. The van der Waals surface area contributed by atoms with E-state index in [1.807, 2.05) is 18.2 Å². The molecule has 0 atom stereocenters. The van der Waals surface area contributed by atoms with Crippen LogP contribution in [0.2, 0.25) is 0 Å². The quantitative estimate of drug-likeness (QED) is 0.0471. The van der Waals surface area contributed by atoms with E-state index in [1.165, 1.54) is 9.80 Å². The Kier molecular flexibility index (Phi) is 20.8. The number of methoxy groups -OCH3 is 2. The minimum atomic E-state index is -0.540. The van der Waals surface area contributed by atoms with Gasteiger partial charge in [0.05, 0.1) is 53.8 Å². The summed E-state index contributed by atoms with van der Waals surface area (Å²) in [6.07, 6.45) is 2.21. The highest BCUT2D eigenvalue weighted by Gasteiger charge is 2.32. The van der Waals surface area contributed by atoms with Crippen LogP contribution in [0.1, 0.15) is 24.8 Å². The molecule has 0 aliphatic carbocycles. The van der Waals surface area contributed by atoms with Crippen LogP contribution in [0.15, 0.2) is 91.0 Å². The van der Waals surface area contributed by atoms with Crippen LogP contribution in [0.5, 0.6) is 28.7 Å². The third kappa shape index (κ3) is 15.9. The third-order valence-electron chi connectivity index (χ3n) is 9.47. The highest BCUT2D eigenvalue weighted by atomic mass is 79.9. The Balaban J connectivity index is 0.000000232. The van der Waals surface area contributed by atoms with E-state index in [9.17, 15) is 19.2 Å². The van der Waals surface area contributed by atoms with Gasteiger partial charge in [-0.15, -0.1) is 0 Å². The number of nitrogens with zero attached hydrogens (tertiary/aromatic N) is 6. The number of hydrogen-bond acceptors (Lipinski definition) is 9. The van der Waals surface area contributed by atoms with Gasteiger partial charge < -0.3 is 43.7 Å². The summed E-state index contributed by atoms with van der Waals surface area (Å²) in [5, 5.41) is 3.44. The molecule has 1 N–H and O–H groups in total. The van der Waals surface area contributed by atoms with E-state index in [4.69, 9.17) is 43.4 Å². The lowest BCUT2D eigenvalue weighted by Gasteiger charge is -2.34. The SMILES string of the molecule is [C-]#[N+]c1cccc(OCCCBr)c1.[C-]#[N+]c1cccc(OCCCN2CCN(Cc3ccc(OC)cc3OC)C(=O)C2=O)c1.[C-]#[N+]c1cccc(OCCCN2CCNC(=O)C2=O)c1. The normalized spacial score (nSPS) is 13.1. The predicted molar refractivity (Wildman–Crippen MR) is 243 cm³/mol. The smallest absolute Gasteiger partial charge is 0.312 e. The number of benzene rings is 4. The second-order valence-corrected chi connectivity index (χ2v) is 14.7. The Bertz CT molecular complexity index is 2320. The Labute approximate surface area is 382 Å². The van der Waals surface area contributed by atoms with Crippen LogP contribution in [-0.2, 0) is 25.7 Å². The van der Waals surface area contributed by atoms with Gasteiger partial charge in [-0.05, 0) is 67.8 Å². The zero-order valence-electron chi connectivity index (χ0n) is 35.8. The van der Waals surface area contributed by atoms with Crippen LogP contribution in [-0.4, -0.2) is 117 Å². The maximum Gasteiger partial charge on any atom is 0.312 e. The van der Waals surface area contributed by atoms with Crippen LogP contribution in [0, 0.1) is 19.7 Å². The summed E-state index contributed by atoms with van der Waals surface area (Å²) in [7, 11) is 3.13. The number of piperazine rings is 2. The van der Waals surface area contributed by atoms with Crippen LogP contribution >= 0.6 is 15.9 Å². The van der Waals surface area contributed by atoms with E-state index in [-0.39, 0.29) is 0 Å². The summed E-state index contributed by atoms with van der Waals surface area (Å²) in [5.74, 6) is 1.26. The van der Waals surface area contributed by atoms with E-state index in [1.54, 1.807) is 91.9 Å². The fourth-order valence-electron chi connectivity index (χ4n) is 6.17. The number of nitrogens with one attached hydrogen (secondary N) is 1. The number of alkyl halides is 1. The molecule has 0 bridgehead atoms. The number of halogens is 1. The first-order chi connectivity index (χ1) is 31.1. The van der Waals surface area contributed by atoms with Gasteiger partial charge in [0.15, 0.2) is 17.1 Å². The maximum absolute atomic E-state index is 12.6. The molecule has 6 rings (SSSR count). The van der Waals surface area contributed by atoms with E-state index in [0.717, 1.165) is 23.1 Å². The standard InChI is InChI=1S/C23H25N3O5.C14H15N3O3.C10H10BrNO/c1-24-18-6-4-7-20(14-18)31-13-5-10-25-11-12-26(23(28)22(25)27)16-17-8-9-19(29-2)15-21(17)30-3;1-15-11-4-2-5-12(10-11)20-9-3-7-17-8-6-16-13(18)14(17)19;1-12-9-4-2-5-10(8-9)13-7-3-6-11/h4,6-9,14-15H,5,10-13,16H2,2-3H3;2,4-5,10H,3,6-9H2,(H,16,18);2,4-5,8H,3,6-7H2. The molecule has 4 amide bonds. The molecule has 17 heteroatoms. The van der Waals surface area contributed by atoms with Crippen LogP contribution < -0.4 is 29.0 Å². The van der Waals surface area contributed by atoms with Gasteiger partial charge in [0.1, 0.15) is 28.7 Å². The molecule has 0 saturated carbocycles. The molecule has 2 aliphatic rings. The van der Waals surface area contributed by atoms with Gasteiger partial charge in [-0.25, -0.2) is 14.5 Å². The van der Waals surface area contributed by atoms with Crippen molar-refractivity contribution < 1.29 is 42.9 Å². The third-order valence-corrected chi connectivity index (χ3v) is 10.0. The van der Waals surface area contributed by atoms with Gasteiger partial charge in [-0.1, -0.05) is 52.3 Å². The molecule has 4 aromatic rings. The van der Waals surface area contributed by atoms with E-state index in [2.05, 4.69) is 35.8 Å². The summed E-state index contributed by atoms with van der Waals surface area (Å²) in [5.41, 5.74) is 2.48. The summed E-state index contributed by atoms with van der Waals surface area (Å²) in [4.78, 5) is 62.4. The monoisotopic (exact) mass is 935 g/mol. The van der Waals surface area contributed by atoms with Crippen molar-refractivity contribution in [3.8, 4) is 28.7 Å². The minimum Gasteiger partial charge on any atom is -0.497 e. The predicted octanol–water partition coefficient (Wildman–Crippen LogP) is 7.26. The van der Waals surface area contributed by atoms with Crippen LogP contribution in [0.25, 0.3) is 14.5 Å². The van der Waals surface area contributed by atoms with Crippen LogP contribution in [0.4, 0.5) is 17.1 Å². The molecule has 2 fully saturated rings. The molecular formula is C47H50BrN7O9. The number of amides is 4. The Hall–Kier alpha value is -7.29. The molecule has 0 radical (unpaired) electrons. The molecule has 2 heterocycles. The zero-order chi connectivity index (χ0) is 46.1. The first kappa shape index (κ1) is 49.4. The molecule has 0 unspecified atom stereocenters. The second kappa shape index (κ2) is 26.9. The van der Waals surface area contributed by atoms with E-state index < -0.39 is 23.6 Å². The fourth-order valence-corrected chi connectivity index (χ4v) is 6.40. The molecule has 2 aliphatic heterocycles. The largest absolute Gasteiger partial charge is 0.497 e. The molecule has 2 saturated heterocycles. The molecule has 0 aromatic heterocycles. The number of carbonyl (C=O) groups excluding carboxylic acids is 4. The molecule has 334 valence electrons. The van der Waals surface area contributed by atoms with Gasteiger partial charge in [0, 0.05) is 62.8 Å². The Morgan fingerprint density at radius 3 is 1.55 bits per heavy atom. The van der Waals surface area contributed by atoms with E-state index >= 15 is 0 Å². The van der Waals surface area contributed by atoms with E-state index in [0.29, 0.717) is 119 Å². The van der Waals surface area contributed by atoms with Gasteiger partial charge in [0.25, 0.3) is 0 Å². The number of carbonyl (C=O) groups is 4. The Morgan fingerprint density at radius 1 is 0.578 bits per heavy atom. The van der Waals surface area contributed by atoms with Crippen LogP contribution in [0.3, 0.4) is 0 Å².